The number of nitrogens with zero attached hydrogens (tertiary/aromatic N) is 3. The Kier molecular flexibility index (Phi) is 4.65. The van der Waals surface area contributed by atoms with Crippen LogP contribution in [0.5, 0.6) is 0 Å². The molecular weight excluding hydrogens is 334 g/mol. The SMILES string of the molecule is O=C(Nc1cccc2n[nH]nc12)N1CCCC[C@@H]1CCc1cccs1. The van der Waals surface area contributed by atoms with Gasteiger partial charge < -0.3 is 10.2 Å². The van der Waals surface area contributed by atoms with Crippen LogP contribution >= 0.6 is 11.3 Å². The van der Waals surface area contributed by atoms with Crippen molar-refractivity contribution in [3.05, 3.63) is 40.6 Å². The summed E-state index contributed by atoms with van der Waals surface area (Å²) in [7, 11) is 0. The molecule has 130 valence electrons. The number of rotatable bonds is 4. The number of carbonyl (C=O) groups is 1. The van der Waals surface area contributed by atoms with Gasteiger partial charge in [0, 0.05) is 17.5 Å². The number of hydrogen-bond acceptors (Lipinski definition) is 4. The number of thiophene rings is 1. The van der Waals surface area contributed by atoms with Gasteiger partial charge in [-0.3, -0.25) is 0 Å². The molecule has 2 aromatic heterocycles. The molecular formula is C18H21N5OS. The minimum Gasteiger partial charge on any atom is -0.322 e. The highest BCUT2D eigenvalue weighted by molar-refractivity contribution is 7.09. The molecule has 2 amide bonds. The quantitative estimate of drug-likeness (QED) is 0.742. The molecule has 0 spiro atoms. The Morgan fingerprint density at radius 3 is 3.12 bits per heavy atom. The zero-order valence-electron chi connectivity index (χ0n) is 13.9. The second-order valence-electron chi connectivity index (χ2n) is 6.39. The van der Waals surface area contributed by atoms with Gasteiger partial charge in [0.05, 0.1) is 5.69 Å². The van der Waals surface area contributed by atoms with Crippen molar-refractivity contribution in [1.29, 1.82) is 0 Å². The number of amides is 2. The van der Waals surface area contributed by atoms with E-state index in [1.807, 2.05) is 23.1 Å². The van der Waals surface area contributed by atoms with Gasteiger partial charge in [-0.2, -0.15) is 15.4 Å². The van der Waals surface area contributed by atoms with Gasteiger partial charge in [-0.15, -0.1) is 11.3 Å². The molecule has 1 aromatic carbocycles. The number of likely N-dealkylation sites (tertiary alicyclic amines) is 1. The van der Waals surface area contributed by atoms with Gasteiger partial charge in [-0.25, -0.2) is 4.79 Å². The molecule has 0 bridgehead atoms. The number of anilines is 1. The van der Waals surface area contributed by atoms with Crippen LogP contribution in [0, 0.1) is 0 Å². The Morgan fingerprint density at radius 1 is 1.28 bits per heavy atom. The largest absolute Gasteiger partial charge is 0.322 e. The highest BCUT2D eigenvalue weighted by Gasteiger charge is 2.27. The van der Waals surface area contributed by atoms with Crippen molar-refractivity contribution < 1.29 is 4.79 Å². The van der Waals surface area contributed by atoms with Gasteiger partial charge in [0.15, 0.2) is 0 Å². The van der Waals surface area contributed by atoms with Crippen molar-refractivity contribution in [3.8, 4) is 0 Å². The van der Waals surface area contributed by atoms with E-state index in [0.29, 0.717) is 17.2 Å². The first-order valence-corrected chi connectivity index (χ1v) is 9.59. The third-order valence-corrected chi connectivity index (χ3v) is 5.72. The Bertz CT molecular complexity index is 844. The molecule has 0 aliphatic carbocycles. The molecule has 1 aliphatic rings. The molecule has 2 N–H and O–H groups in total. The average molecular weight is 355 g/mol. The number of piperidine rings is 1. The second-order valence-corrected chi connectivity index (χ2v) is 7.42. The first-order chi connectivity index (χ1) is 12.3. The lowest BCUT2D eigenvalue weighted by Crippen LogP contribution is -2.46. The van der Waals surface area contributed by atoms with Gasteiger partial charge >= 0.3 is 6.03 Å². The Morgan fingerprint density at radius 2 is 2.24 bits per heavy atom. The van der Waals surface area contributed by atoms with E-state index in [1.54, 1.807) is 11.3 Å². The zero-order chi connectivity index (χ0) is 17.1. The molecule has 4 rings (SSSR count). The highest BCUT2D eigenvalue weighted by Crippen LogP contribution is 2.25. The molecule has 0 unspecified atom stereocenters. The lowest BCUT2D eigenvalue weighted by atomic mass is 9.98. The third kappa shape index (κ3) is 3.51. The van der Waals surface area contributed by atoms with Crippen LogP contribution in [0.3, 0.4) is 0 Å². The van der Waals surface area contributed by atoms with Crippen molar-refractivity contribution in [2.45, 2.75) is 38.1 Å². The number of fused-ring (bicyclic) bond motifs is 1. The molecule has 1 fully saturated rings. The molecule has 7 heteroatoms. The van der Waals surface area contributed by atoms with E-state index < -0.39 is 0 Å². The predicted molar refractivity (Wildman–Crippen MR) is 99.9 cm³/mol. The standard InChI is InChI=1S/C18H21N5OS/c24-18(19-15-7-3-8-16-17(15)21-22-20-16)23-11-2-1-5-13(23)9-10-14-6-4-12-25-14/h3-4,6-8,12-13H,1-2,5,9-11H2,(H,19,24)(H,20,21,22)/t13-/m1/s1. The summed E-state index contributed by atoms with van der Waals surface area (Å²) in [5.41, 5.74) is 2.16. The van der Waals surface area contributed by atoms with Crippen LogP contribution in [0.4, 0.5) is 10.5 Å². The van der Waals surface area contributed by atoms with E-state index in [2.05, 4.69) is 38.2 Å². The molecule has 3 aromatic rings. The number of aromatic nitrogens is 3. The molecule has 0 radical (unpaired) electrons. The number of nitrogens with one attached hydrogen (secondary N) is 2. The van der Waals surface area contributed by atoms with Crippen LogP contribution in [0.1, 0.15) is 30.6 Å². The summed E-state index contributed by atoms with van der Waals surface area (Å²) in [5, 5.41) is 16.0. The molecule has 3 heterocycles. The number of aryl methyl sites for hydroxylation is 1. The molecule has 1 aliphatic heterocycles. The lowest BCUT2D eigenvalue weighted by Gasteiger charge is -2.35. The van der Waals surface area contributed by atoms with Crippen molar-refractivity contribution in [1.82, 2.24) is 20.3 Å². The molecule has 6 nitrogen and oxygen atoms in total. The number of H-pyrrole nitrogens is 1. The molecule has 1 saturated heterocycles. The summed E-state index contributed by atoms with van der Waals surface area (Å²) < 4.78 is 0. The molecule has 25 heavy (non-hydrogen) atoms. The summed E-state index contributed by atoms with van der Waals surface area (Å²) in [4.78, 5) is 16.2. The summed E-state index contributed by atoms with van der Waals surface area (Å²) in [6.45, 7) is 0.815. The monoisotopic (exact) mass is 355 g/mol. The predicted octanol–water partition coefficient (Wildman–Crippen LogP) is 4.04. The first-order valence-electron chi connectivity index (χ1n) is 8.71. The number of aromatic amines is 1. The summed E-state index contributed by atoms with van der Waals surface area (Å²) >= 11 is 1.79. The fraction of sp³-hybridized carbons (Fsp3) is 0.389. The van der Waals surface area contributed by atoms with Crippen molar-refractivity contribution in [2.24, 2.45) is 0 Å². The number of para-hydroxylation sites is 1. The first kappa shape index (κ1) is 16.1. The van der Waals surface area contributed by atoms with Crippen LogP contribution in [0.2, 0.25) is 0 Å². The van der Waals surface area contributed by atoms with Crippen LogP contribution in [-0.4, -0.2) is 38.9 Å². The maximum absolute atomic E-state index is 12.9. The summed E-state index contributed by atoms with van der Waals surface area (Å²) in [6.07, 6.45) is 5.38. The molecule has 0 saturated carbocycles. The smallest absolute Gasteiger partial charge is 0.322 e. The lowest BCUT2D eigenvalue weighted by molar-refractivity contribution is 0.158. The highest BCUT2D eigenvalue weighted by atomic mass is 32.1. The Labute approximate surface area is 150 Å². The van der Waals surface area contributed by atoms with E-state index in [-0.39, 0.29) is 6.03 Å². The second kappa shape index (κ2) is 7.23. The van der Waals surface area contributed by atoms with Gasteiger partial charge in [0.25, 0.3) is 0 Å². The van der Waals surface area contributed by atoms with Crippen LogP contribution < -0.4 is 5.32 Å². The van der Waals surface area contributed by atoms with Crippen LogP contribution in [-0.2, 0) is 6.42 Å². The number of hydrogen-bond donors (Lipinski definition) is 2. The minimum atomic E-state index is -0.0358. The van der Waals surface area contributed by atoms with Crippen LogP contribution in [0.25, 0.3) is 11.0 Å². The van der Waals surface area contributed by atoms with Crippen molar-refractivity contribution in [2.75, 3.05) is 11.9 Å². The zero-order valence-corrected chi connectivity index (χ0v) is 14.8. The fourth-order valence-electron chi connectivity index (χ4n) is 3.49. The Balaban J connectivity index is 1.46. The van der Waals surface area contributed by atoms with Gasteiger partial charge in [-0.05, 0) is 55.7 Å². The molecule has 1 atom stereocenters. The number of benzene rings is 1. The van der Waals surface area contributed by atoms with E-state index >= 15 is 0 Å². The van der Waals surface area contributed by atoms with Gasteiger partial charge in [0.2, 0.25) is 0 Å². The van der Waals surface area contributed by atoms with E-state index in [1.165, 1.54) is 11.3 Å². The number of carbonyl (C=O) groups excluding carboxylic acids is 1. The van der Waals surface area contributed by atoms with E-state index in [0.717, 1.165) is 37.7 Å². The Hall–Kier alpha value is -2.41. The van der Waals surface area contributed by atoms with Crippen molar-refractivity contribution >= 4 is 34.1 Å². The maximum atomic E-state index is 12.9. The summed E-state index contributed by atoms with van der Waals surface area (Å²) in [6, 6.07) is 10.1. The summed E-state index contributed by atoms with van der Waals surface area (Å²) in [5.74, 6) is 0. The minimum absolute atomic E-state index is 0.0358. The maximum Gasteiger partial charge on any atom is 0.322 e. The fourth-order valence-corrected chi connectivity index (χ4v) is 4.21. The van der Waals surface area contributed by atoms with Crippen molar-refractivity contribution in [3.63, 3.8) is 0 Å². The van der Waals surface area contributed by atoms with E-state index in [9.17, 15) is 4.79 Å². The third-order valence-electron chi connectivity index (χ3n) is 4.78. The van der Waals surface area contributed by atoms with Gasteiger partial charge in [-0.1, -0.05) is 12.1 Å². The van der Waals surface area contributed by atoms with E-state index in [4.69, 9.17) is 0 Å². The normalized spacial score (nSPS) is 17.8. The van der Waals surface area contributed by atoms with Gasteiger partial charge in [0.1, 0.15) is 11.0 Å². The topological polar surface area (TPSA) is 73.9 Å². The van der Waals surface area contributed by atoms with Crippen LogP contribution in [0.15, 0.2) is 35.7 Å². The average Bonchev–Trinajstić information content (AvgIpc) is 3.32. The number of urea groups is 1.